The summed E-state index contributed by atoms with van der Waals surface area (Å²) in [5.74, 6) is -0.200. The first-order chi connectivity index (χ1) is 44.5. The maximum absolute atomic E-state index is 13.1. The number of carbonyl (C=O) groups is 1. The highest BCUT2D eigenvalue weighted by molar-refractivity contribution is 7.45. The van der Waals surface area contributed by atoms with Gasteiger partial charge < -0.3 is 28.8 Å². The molecule has 0 heterocycles. The van der Waals surface area contributed by atoms with E-state index in [-0.39, 0.29) is 12.5 Å². The molecule has 536 valence electrons. The van der Waals surface area contributed by atoms with Gasteiger partial charge in [0.2, 0.25) is 5.91 Å². The topological polar surface area (TPSA) is 108 Å². The molecule has 0 spiro atoms. The summed E-state index contributed by atoms with van der Waals surface area (Å²) in [6.45, 7) is 4.68. The highest BCUT2D eigenvalue weighted by Gasteiger charge is 2.23. The van der Waals surface area contributed by atoms with Gasteiger partial charge in [-0.1, -0.05) is 389 Å². The van der Waals surface area contributed by atoms with Crippen LogP contribution in [0.5, 0.6) is 0 Å². The summed E-state index contributed by atoms with van der Waals surface area (Å²) in [4.78, 5) is 25.7. The van der Waals surface area contributed by atoms with Crippen LogP contribution in [0, 0.1) is 0 Å². The van der Waals surface area contributed by atoms with Gasteiger partial charge in [-0.05, 0) is 70.6 Å². The molecule has 0 aromatic carbocycles. The first kappa shape index (κ1) is 89.2. The van der Waals surface area contributed by atoms with E-state index < -0.39 is 26.6 Å². The number of unbranched alkanes of at least 4 members (excludes halogenated alkanes) is 54. The molecule has 8 nitrogen and oxygen atoms in total. The van der Waals surface area contributed by atoms with Crippen LogP contribution in [-0.4, -0.2) is 68.5 Å². The van der Waals surface area contributed by atoms with Gasteiger partial charge in [-0.15, -0.1) is 0 Å². The minimum absolute atomic E-state index is 0.00551. The van der Waals surface area contributed by atoms with Crippen molar-refractivity contribution in [1.29, 1.82) is 0 Å². The second-order valence-electron chi connectivity index (χ2n) is 28.8. The monoisotopic (exact) mass is 1300 g/mol. The zero-order valence-corrected chi connectivity index (χ0v) is 62.5. The van der Waals surface area contributed by atoms with Crippen molar-refractivity contribution in [3.8, 4) is 0 Å². The Hall–Kier alpha value is -1.80. The Morgan fingerprint density at radius 2 is 0.648 bits per heavy atom. The maximum Gasteiger partial charge on any atom is 0.268 e. The van der Waals surface area contributed by atoms with E-state index in [1.54, 1.807) is 6.08 Å². The minimum Gasteiger partial charge on any atom is -0.756 e. The Morgan fingerprint density at radius 3 is 0.967 bits per heavy atom. The van der Waals surface area contributed by atoms with Gasteiger partial charge in [0.05, 0.1) is 39.9 Å². The normalized spacial score (nSPS) is 13.8. The Kier molecular flexibility index (Phi) is 71.0. The van der Waals surface area contributed by atoms with Crippen LogP contribution in [0.2, 0.25) is 0 Å². The first-order valence-corrected chi connectivity index (χ1v) is 41.6. The lowest BCUT2D eigenvalue weighted by molar-refractivity contribution is -0.870. The van der Waals surface area contributed by atoms with E-state index in [2.05, 4.69) is 67.8 Å². The molecular formula is C82H157N2O6P. The van der Waals surface area contributed by atoms with Gasteiger partial charge >= 0.3 is 0 Å². The van der Waals surface area contributed by atoms with E-state index in [0.717, 1.165) is 51.4 Å². The number of phosphoric acid groups is 1. The molecule has 9 heteroatoms. The number of rotatable bonds is 75. The van der Waals surface area contributed by atoms with Crippen LogP contribution in [0.25, 0.3) is 0 Å². The molecule has 3 atom stereocenters. The molecule has 1 amide bonds. The SMILES string of the molecule is CCCCCCC/C=C\C/C=C\C/C=C\CCCCCCCCCCCCCCCCCCCCCCCCC(=O)NC(COP(=O)([O-])OCC[N+](C)(C)C)C(O)/C=C/CC/C=C/CCCCCCCCCCCCCCCCCCCCCCCCCCCC. The molecule has 0 fully saturated rings. The number of allylic oxidation sites excluding steroid dienone is 9. The number of hydrogen-bond donors (Lipinski definition) is 2. The van der Waals surface area contributed by atoms with E-state index in [4.69, 9.17) is 9.05 Å². The number of hydrogen-bond acceptors (Lipinski definition) is 6. The Balaban J connectivity index is 3.98. The van der Waals surface area contributed by atoms with Crippen molar-refractivity contribution in [2.24, 2.45) is 0 Å². The van der Waals surface area contributed by atoms with Gasteiger partial charge in [0, 0.05) is 6.42 Å². The lowest BCUT2D eigenvalue weighted by Crippen LogP contribution is -2.45. The number of phosphoric ester groups is 1. The summed E-state index contributed by atoms with van der Waals surface area (Å²) in [5.41, 5.74) is 0. The quantitative estimate of drug-likeness (QED) is 0.0272. The lowest BCUT2D eigenvalue weighted by atomic mass is 10.0. The molecule has 2 N–H and O–H groups in total. The van der Waals surface area contributed by atoms with Crippen molar-refractivity contribution >= 4 is 13.7 Å². The van der Waals surface area contributed by atoms with Crippen LogP contribution in [-0.2, 0) is 18.4 Å². The van der Waals surface area contributed by atoms with Crippen LogP contribution in [0.1, 0.15) is 406 Å². The van der Waals surface area contributed by atoms with E-state index in [1.807, 2.05) is 27.2 Å². The molecule has 0 aliphatic heterocycles. The standard InChI is InChI=1S/C82H157N2O6P/c1-6-8-10-12-14-16-18-20-22-24-26-28-30-32-34-36-38-40-41-42-43-44-46-48-50-52-54-56-58-60-62-64-66-68-70-72-74-76-82(86)83-80(79-90-91(87,88)89-78-77-84(3,4)5)81(85)75-73-71-69-67-65-63-61-59-57-55-53-51-49-47-45-39-37-35-33-31-29-27-25-23-21-19-17-15-13-11-9-7-2/h18,20,24,26,30,32,65,67,73,75,80-81,85H,6-17,19,21-23,25,27-29,31,33-64,66,68-72,74,76-79H2,1-5H3,(H-,83,86,87,88)/b20-18-,26-24-,32-30-,67-65+,75-73+. The van der Waals surface area contributed by atoms with Crippen LogP contribution in [0.15, 0.2) is 60.8 Å². The third-order valence-electron chi connectivity index (χ3n) is 18.4. The molecule has 0 rings (SSSR count). The number of quaternary nitrogens is 1. The van der Waals surface area contributed by atoms with Crippen LogP contribution in [0.3, 0.4) is 0 Å². The van der Waals surface area contributed by atoms with Crippen molar-refractivity contribution in [3.63, 3.8) is 0 Å². The van der Waals surface area contributed by atoms with Crippen molar-refractivity contribution in [2.75, 3.05) is 40.9 Å². The van der Waals surface area contributed by atoms with Crippen molar-refractivity contribution in [2.45, 2.75) is 418 Å². The predicted octanol–water partition coefficient (Wildman–Crippen LogP) is 25.7. The minimum atomic E-state index is -4.62. The molecule has 0 saturated heterocycles. The molecule has 0 saturated carbocycles. The second kappa shape index (κ2) is 72.5. The Morgan fingerprint density at radius 1 is 0.385 bits per heavy atom. The van der Waals surface area contributed by atoms with Gasteiger partial charge in [-0.2, -0.15) is 0 Å². The fourth-order valence-corrected chi connectivity index (χ4v) is 13.0. The average Bonchev–Trinajstić information content (AvgIpc) is 3.42. The van der Waals surface area contributed by atoms with Gasteiger partial charge in [0.1, 0.15) is 13.2 Å². The number of carbonyl (C=O) groups excluding carboxylic acids is 1. The molecule has 0 radical (unpaired) electrons. The maximum atomic E-state index is 13.1. The van der Waals surface area contributed by atoms with Crippen LogP contribution in [0.4, 0.5) is 0 Å². The average molecular weight is 1300 g/mol. The van der Waals surface area contributed by atoms with Crippen LogP contribution >= 0.6 is 7.82 Å². The number of amides is 1. The number of aliphatic hydroxyl groups excluding tert-OH is 1. The summed E-state index contributed by atoms with van der Waals surface area (Å²) < 4.78 is 23.5. The Bertz CT molecular complexity index is 1670. The number of likely N-dealkylation sites (N-methyl/N-ethyl adjacent to an activating group) is 1. The van der Waals surface area contributed by atoms with Gasteiger partial charge in [-0.25, -0.2) is 0 Å². The van der Waals surface area contributed by atoms with Gasteiger partial charge in [0.25, 0.3) is 7.82 Å². The number of nitrogens with one attached hydrogen (secondary N) is 1. The smallest absolute Gasteiger partial charge is 0.268 e. The molecule has 0 aromatic rings. The van der Waals surface area contributed by atoms with Crippen molar-refractivity contribution < 1.29 is 32.9 Å². The molecule has 0 aromatic heterocycles. The van der Waals surface area contributed by atoms with E-state index in [0.29, 0.717) is 17.4 Å². The fourth-order valence-electron chi connectivity index (χ4n) is 12.2. The number of nitrogens with zero attached hydrogens (tertiary/aromatic N) is 1. The van der Waals surface area contributed by atoms with Crippen molar-refractivity contribution in [1.82, 2.24) is 5.32 Å². The highest BCUT2D eigenvalue weighted by atomic mass is 31.2. The summed E-state index contributed by atoms with van der Waals surface area (Å²) >= 11 is 0. The molecule has 91 heavy (non-hydrogen) atoms. The molecule has 3 unspecified atom stereocenters. The van der Waals surface area contributed by atoms with Gasteiger partial charge in [-0.3, -0.25) is 9.36 Å². The van der Waals surface area contributed by atoms with Gasteiger partial charge in [0.15, 0.2) is 0 Å². The van der Waals surface area contributed by atoms with E-state index in [9.17, 15) is 19.4 Å². The fraction of sp³-hybridized carbons (Fsp3) is 0.866. The molecule has 0 bridgehead atoms. The lowest BCUT2D eigenvalue weighted by Gasteiger charge is -2.29. The third kappa shape index (κ3) is 75.4. The largest absolute Gasteiger partial charge is 0.756 e. The van der Waals surface area contributed by atoms with Crippen molar-refractivity contribution in [3.05, 3.63) is 60.8 Å². The zero-order chi connectivity index (χ0) is 66.2. The van der Waals surface area contributed by atoms with E-state index >= 15 is 0 Å². The molecule has 0 aliphatic rings. The molecular weight excluding hydrogens is 1140 g/mol. The third-order valence-corrected chi connectivity index (χ3v) is 19.4. The summed E-state index contributed by atoms with van der Waals surface area (Å²) in [7, 11) is 1.26. The Labute approximate surface area is 568 Å². The van der Waals surface area contributed by atoms with Crippen LogP contribution < -0.4 is 10.2 Å². The zero-order valence-electron chi connectivity index (χ0n) is 61.6. The second-order valence-corrected chi connectivity index (χ2v) is 30.2. The predicted molar refractivity (Wildman–Crippen MR) is 399 cm³/mol. The summed E-state index contributed by atoms with van der Waals surface area (Å²) in [6, 6.07) is -0.906. The molecule has 0 aliphatic carbocycles. The summed E-state index contributed by atoms with van der Waals surface area (Å²) in [6.07, 6.45) is 101. The van der Waals surface area contributed by atoms with E-state index in [1.165, 1.54) is 334 Å². The number of aliphatic hydroxyl groups is 1. The highest BCUT2D eigenvalue weighted by Crippen LogP contribution is 2.38. The first-order valence-electron chi connectivity index (χ1n) is 40.2. The summed E-state index contributed by atoms with van der Waals surface area (Å²) in [5, 5.41) is 14.0.